The number of nitrogens with one attached hydrogen (secondary N) is 4. The third-order valence-corrected chi connectivity index (χ3v) is 15.5. The molecule has 0 spiro atoms. The summed E-state index contributed by atoms with van der Waals surface area (Å²) >= 11 is 0. The van der Waals surface area contributed by atoms with Gasteiger partial charge in [0.05, 0.1) is 19.8 Å². The quantitative estimate of drug-likeness (QED) is 0.0421. The number of unbranched alkanes of at least 4 members (excludes halogenated alkanes) is 39. The molecule has 0 aliphatic heterocycles. The predicted molar refractivity (Wildman–Crippen MR) is 338 cm³/mol. The van der Waals surface area contributed by atoms with Gasteiger partial charge >= 0.3 is 12.1 Å². The van der Waals surface area contributed by atoms with Crippen LogP contribution in [0.5, 0.6) is 17.2 Å². The molecule has 0 saturated carbocycles. The maximum absolute atomic E-state index is 13.1. The van der Waals surface area contributed by atoms with Gasteiger partial charge in [0.2, 0.25) is 0 Å². The van der Waals surface area contributed by atoms with Crippen LogP contribution in [0, 0.1) is 0 Å². The van der Waals surface area contributed by atoms with Crippen LogP contribution in [-0.4, -0.2) is 31.9 Å². The second kappa shape index (κ2) is 50.6. The molecule has 3 aromatic rings. The Balaban J connectivity index is 1.36. The molecule has 0 aliphatic rings. The molecule has 0 aliphatic carbocycles. The molecule has 0 aromatic heterocycles. The molecule has 3 aromatic carbocycles. The van der Waals surface area contributed by atoms with Crippen molar-refractivity contribution >= 4 is 23.4 Å². The minimum atomic E-state index is -0.296. The van der Waals surface area contributed by atoms with Gasteiger partial charge < -0.3 is 35.5 Å². The monoisotopic (exact) mass is 1090 g/mol. The summed E-state index contributed by atoms with van der Waals surface area (Å²) in [7, 11) is 0. The van der Waals surface area contributed by atoms with Crippen molar-refractivity contribution in [2.24, 2.45) is 0 Å². The van der Waals surface area contributed by atoms with Crippen molar-refractivity contribution < 1.29 is 23.8 Å². The Morgan fingerprint density at radius 2 is 0.519 bits per heavy atom. The van der Waals surface area contributed by atoms with E-state index in [2.05, 4.69) is 42.0 Å². The summed E-state index contributed by atoms with van der Waals surface area (Å²) in [6.07, 6.45) is 55.9. The zero-order valence-electron chi connectivity index (χ0n) is 51.1. The molecule has 0 atom stereocenters. The molecule has 79 heavy (non-hydrogen) atoms. The van der Waals surface area contributed by atoms with Crippen molar-refractivity contribution in [3.63, 3.8) is 0 Å². The van der Waals surface area contributed by atoms with Gasteiger partial charge in [-0.25, -0.2) is 9.59 Å². The minimum Gasteiger partial charge on any atom is -0.494 e. The molecule has 9 heteroatoms. The number of hydrogen-bond acceptors (Lipinski definition) is 5. The first-order valence-corrected chi connectivity index (χ1v) is 33.3. The SMILES string of the molecule is CCCCCCCCCCCCCCCCOc1ccc(NC(=O)NCc2cc(CNC(=O)Nc3ccc(OCCCCCCCCCCCCCCCC)cc3)cc(OCCCCCCCCCCCCCCCC)c2)cc1. The topological polar surface area (TPSA) is 110 Å². The fourth-order valence-corrected chi connectivity index (χ4v) is 10.5. The van der Waals surface area contributed by atoms with Gasteiger partial charge in [0.1, 0.15) is 17.2 Å². The summed E-state index contributed by atoms with van der Waals surface area (Å²) in [6.45, 7) is 9.49. The number of carbonyl (C=O) groups is 2. The van der Waals surface area contributed by atoms with Crippen LogP contribution in [0.15, 0.2) is 66.7 Å². The van der Waals surface area contributed by atoms with Crippen molar-refractivity contribution in [3.8, 4) is 17.2 Å². The zero-order chi connectivity index (χ0) is 56.2. The van der Waals surface area contributed by atoms with Gasteiger partial charge in [-0.05, 0) is 91.1 Å². The normalized spacial score (nSPS) is 11.2. The number of benzene rings is 3. The lowest BCUT2D eigenvalue weighted by Crippen LogP contribution is -2.29. The third-order valence-electron chi connectivity index (χ3n) is 15.5. The molecule has 0 heterocycles. The number of amides is 4. The van der Waals surface area contributed by atoms with E-state index in [9.17, 15) is 9.59 Å². The molecule has 4 amide bonds. The van der Waals surface area contributed by atoms with Crippen LogP contribution in [0.2, 0.25) is 0 Å². The van der Waals surface area contributed by atoms with Gasteiger partial charge in [-0.15, -0.1) is 0 Å². The van der Waals surface area contributed by atoms with Crippen molar-refractivity contribution in [2.45, 2.75) is 304 Å². The van der Waals surface area contributed by atoms with Crippen LogP contribution < -0.4 is 35.5 Å². The second-order valence-electron chi connectivity index (χ2n) is 23.0. The number of ether oxygens (including phenoxy) is 3. The molecule has 3 rings (SSSR count). The number of urea groups is 2. The fraction of sp³-hybridized carbons (Fsp3) is 0.714. The summed E-state index contributed by atoms with van der Waals surface area (Å²) < 4.78 is 18.3. The summed E-state index contributed by atoms with van der Waals surface area (Å²) in [5.74, 6) is 2.37. The van der Waals surface area contributed by atoms with Crippen LogP contribution in [0.4, 0.5) is 21.0 Å². The lowest BCUT2D eigenvalue weighted by atomic mass is 10.0. The highest BCUT2D eigenvalue weighted by Gasteiger charge is 2.10. The molecule has 0 saturated heterocycles. The second-order valence-corrected chi connectivity index (χ2v) is 23.0. The lowest BCUT2D eigenvalue weighted by molar-refractivity contribution is 0.251. The van der Waals surface area contributed by atoms with Gasteiger partial charge in [-0.1, -0.05) is 277 Å². The minimum absolute atomic E-state index is 0.296. The van der Waals surface area contributed by atoms with Gasteiger partial charge in [-0.2, -0.15) is 0 Å². The Kier molecular flexibility index (Phi) is 44.1. The number of hydrogen-bond donors (Lipinski definition) is 4. The van der Waals surface area contributed by atoms with E-state index in [0.29, 0.717) is 44.3 Å². The predicted octanol–water partition coefficient (Wildman–Crippen LogP) is 21.9. The van der Waals surface area contributed by atoms with E-state index >= 15 is 0 Å². The van der Waals surface area contributed by atoms with Crippen LogP contribution >= 0.6 is 0 Å². The van der Waals surface area contributed by atoms with E-state index in [4.69, 9.17) is 14.2 Å². The highest BCUT2D eigenvalue weighted by Crippen LogP contribution is 2.22. The average Bonchev–Trinajstić information content (AvgIpc) is 3.46. The van der Waals surface area contributed by atoms with E-state index < -0.39 is 0 Å². The highest BCUT2D eigenvalue weighted by molar-refractivity contribution is 5.89. The smallest absolute Gasteiger partial charge is 0.319 e. The maximum Gasteiger partial charge on any atom is 0.319 e. The molecule has 0 bridgehead atoms. The van der Waals surface area contributed by atoms with Gasteiger partial charge in [0, 0.05) is 24.5 Å². The third kappa shape index (κ3) is 40.4. The molecule has 0 unspecified atom stereocenters. The average molecular weight is 1100 g/mol. The summed E-state index contributed by atoms with van der Waals surface area (Å²) in [6, 6.07) is 20.6. The van der Waals surface area contributed by atoms with E-state index in [1.54, 1.807) is 0 Å². The number of anilines is 2. The van der Waals surface area contributed by atoms with Gasteiger partial charge in [-0.3, -0.25) is 0 Å². The van der Waals surface area contributed by atoms with Crippen molar-refractivity contribution in [1.29, 1.82) is 0 Å². The van der Waals surface area contributed by atoms with E-state index in [1.165, 1.54) is 244 Å². The van der Waals surface area contributed by atoms with Crippen molar-refractivity contribution in [1.82, 2.24) is 10.6 Å². The Bertz CT molecular complexity index is 1740. The Hall–Kier alpha value is -4.40. The molecule has 9 nitrogen and oxygen atoms in total. The van der Waals surface area contributed by atoms with Crippen molar-refractivity contribution in [3.05, 3.63) is 77.9 Å². The van der Waals surface area contributed by atoms with E-state index in [0.717, 1.165) is 54.1 Å². The summed E-state index contributed by atoms with van der Waals surface area (Å²) in [4.78, 5) is 26.2. The number of rotatable bonds is 54. The first kappa shape index (κ1) is 68.9. The van der Waals surface area contributed by atoms with E-state index in [-0.39, 0.29) is 12.1 Å². The molecule has 0 fully saturated rings. The Morgan fingerprint density at radius 1 is 0.291 bits per heavy atom. The zero-order valence-corrected chi connectivity index (χ0v) is 51.1. The first-order valence-electron chi connectivity index (χ1n) is 33.3. The number of carbonyl (C=O) groups excluding carboxylic acids is 2. The van der Waals surface area contributed by atoms with Crippen LogP contribution in [0.3, 0.4) is 0 Å². The summed E-state index contributed by atoms with van der Waals surface area (Å²) in [5.41, 5.74) is 3.18. The molecule has 448 valence electrons. The standard InChI is InChI=1S/C70H118N4O5/c1-4-7-10-13-16-19-22-25-28-31-34-37-40-43-54-77-66-50-46-64(47-51-66)73-69(75)71-60-62-57-63(59-68(58-62)79-56-45-42-39-36-33-30-27-24-21-18-15-12-9-6-3)61-72-70(76)74-65-48-52-67(53-49-65)78-55-44-41-38-35-32-29-26-23-20-17-14-11-8-5-2/h46-53,57-59H,4-45,54-56,60-61H2,1-3H3,(H2,71,73,75)(H2,72,74,76). The molecule has 0 radical (unpaired) electrons. The van der Waals surface area contributed by atoms with Gasteiger partial charge in [0.25, 0.3) is 0 Å². The Morgan fingerprint density at radius 3 is 0.772 bits per heavy atom. The van der Waals surface area contributed by atoms with E-state index in [1.807, 2.05) is 66.7 Å². The Labute approximate surface area is 484 Å². The maximum atomic E-state index is 13.1. The first-order chi connectivity index (χ1) is 39.0. The highest BCUT2D eigenvalue weighted by atomic mass is 16.5. The molecular formula is C70H118N4O5. The van der Waals surface area contributed by atoms with Crippen LogP contribution in [-0.2, 0) is 13.1 Å². The fourth-order valence-electron chi connectivity index (χ4n) is 10.5. The van der Waals surface area contributed by atoms with Crippen LogP contribution in [0.1, 0.15) is 302 Å². The summed E-state index contributed by atoms with van der Waals surface area (Å²) in [5, 5.41) is 12.0. The largest absolute Gasteiger partial charge is 0.494 e. The lowest BCUT2D eigenvalue weighted by Gasteiger charge is -2.14. The molecular weight excluding hydrogens is 977 g/mol. The van der Waals surface area contributed by atoms with Crippen LogP contribution in [0.25, 0.3) is 0 Å². The van der Waals surface area contributed by atoms with Crippen molar-refractivity contribution in [2.75, 3.05) is 30.5 Å². The molecule has 4 N–H and O–H groups in total. The van der Waals surface area contributed by atoms with Gasteiger partial charge in [0.15, 0.2) is 0 Å².